The average Bonchev–Trinajstić information content (AvgIpc) is 2.69. The third kappa shape index (κ3) is 2.89. The summed E-state index contributed by atoms with van der Waals surface area (Å²) < 4.78 is 6.14. The van der Waals surface area contributed by atoms with Gasteiger partial charge < -0.3 is 10.1 Å². The van der Waals surface area contributed by atoms with Crippen LogP contribution in [0.2, 0.25) is 0 Å². The number of nitrogens with one attached hydrogen (secondary N) is 1. The van der Waals surface area contributed by atoms with Crippen molar-refractivity contribution in [3.8, 4) is 5.75 Å². The Morgan fingerprint density at radius 2 is 2.41 bits per heavy atom. The van der Waals surface area contributed by atoms with Gasteiger partial charge in [-0.3, -0.25) is 4.79 Å². The zero-order valence-electron chi connectivity index (χ0n) is 9.52. The van der Waals surface area contributed by atoms with Crippen molar-refractivity contribution in [2.24, 2.45) is 0 Å². The number of rotatable bonds is 4. The standard InChI is InChI=1S/C11H12N2O2S2/c1-15-7-3-4-8-9(5-7)17-11(12-8)13-10(14)6-16-2/h3-5H,6H2,1-2H3,(H,12,13,14). The zero-order chi connectivity index (χ0) is 12.3. The molecule has 0 aliphatic carbocycles. The Morgan fingerprint density at radius 3 is 3.12 bits per heavy atom. The lowest BCUT2D eigenvalue weighted by atomic mass is 10.3. The third-order valence-corrected chi connectivity index (χ3v) is 3.60. The quantitative estimate of drug-likeness (QED) is 0.926. The van der Waals surface area contributed by atoms with Crippen molar-refractivity contribution in [2.75, 3.05) is 24.4 Å². The summed E-state index contributed by atoms with van der Waals surface area (Å²) in [4.78, 5) is 15.8. The first-order valence-corrected chi connectivity index (χ1v) is 7.17. The van der Waals surface area contributed by atoms with Gasteiger partial charge in [0, 0.05) is 0 Å². The van der Waals surface area contributed by atoms with Crippen LogP contribution in [0.3, 0.4) is 0 Å². The molecular weight excluding hydrogens is 256 g/mol. The van der Waals surface area contributed by atoms with Crippen molar-refractivity contribution in [3.63, 3.8) is 0 Å². The highest BCUT2D eigenvalue weighted by molar-refractivity contribution is 7.99. The maximum atomic E-state index is 11.4. The normalized spacial score (nSPS) is 10.5. The number of amides is 1. The van der Waals surface area contributed by atoms with Crippen molar-refractivity contribution >= 4 is 44.4 Å². The average molecular weight is 268 g/mol. The minimum Gasteiger partial charge on any atom is -0.497 e. The molecule has 1 aromatic heterocycles. The van der Waals surface area contributed by atoms with Gasteiger partial charge in [-0.05, 0) is 24.5 Å². The van der Waals surface area contributed by atoms with Gasteiger partial charge >= 0.3 is 0 Å². The highest BCUT2D eigenvalue weighted by atomic mass is 32.2. The molecule has 1 N–H and O–H groups in total. The van der Waals surface area contributed by atoms with Gasteiger partial charge in [-0.25, -0.2) is 4.98 Å². The van der Waals surface area contributed by atoms with E-state index in [1.165, 1.54) is 23.1 Å². The Bertz CT molecular complexity index is 539. The number of thiazole rings is 1. The fourth-order valence-corrected chi connectivity index (χ4v) is 2.62. The van der Waals surface area contributed by atoms with E-state index in [0.29, 0.717) is 10.9 Å². The molecule has 0 spiro atoms. The summed E-state index contributed by atoms with van der Waals surface area (Å²) in [6, 6.07) is 5.65. The molecule has 0 atom stereocenters. The number of hydrogen-bond acceptors (Lipinski definition) is 5. The predicted molar refractivity (Wildman–Crippen MR) is 73.2 cm³/mol. The van der Waals surface area contributed by atoms with Crippen molar-refractivity contribution in [1.29, 1.82) is 0 Å². The monoisotopic (exact) mass is 268 g/mol. The maximum absolute atomic E-state index is 11.4. The summed E-state index contributed by atoms with van der Waals surface area (Å²) in [6.07, 6.45) is 1.89. The molecule has 4 nitrogen and oxygen atoms in total. The van der Waals surface area contributed by atoms with Crippen LogP contribution in [0.5, 0.6) is 5.75 Å². The molecule has 0 aliphatic rings. The smallest absolute Gasteiger partial charge is 0.236 e. The molecule has 17 heavy (non-hydrogen) atoms. The van der Waals surface area contributed by atoms with Crippen LogP contribution in [-0.4, -0.2) is 30.0 Å². The van der Waals surface area contributed by atoms with Crippen molar-refractivity contribution in [1.82, 2.24) is 4.98 Å². The Labute approximate surface area is 107 Å². The minimum atomic E-state index is -0.0245. The lowest BCUT2D eigenvalue weighted by Gasteiger charge is -1.97. The van der Waals surface area contributed by atoms with Gasteiger partial charge in [-0.15, -0.1) is 0 Å². The fraction of sp³-hybridized carbons (Fsp3) is 0.273. The summed E-state index contributed by atoms with van der Waals surface area (Å²) in [5, 5.41) is 3.41. The Balaban J connectivity index is 2.22. The van der Waals surface area contributed by atoms with E-state index in [9.17, 15) is 4.79 Å². The summed E-state index contributed by atoms with van der Waals surface area (Å²) in [5.74, 6) is 1.21. The molecule has 90 valence electrons. The molecule has 2 aromatic rings. The molecule has 0 saturated carbocycles. The Morgan fingerprint density at radius 1 is 1.59 bits per heavy atom. The first-order chi connectivity index (χ1) is 8.22. The van der Waals surface area contributed by atoms with E-state index in [4.69, 9.17) is 4.74 Å². The molecule has 0 unspecified atom stereocenters. The first kappa shape index (κ1) is 12.2. The second-order valence-electron chi connectivity index (χ2n) is 3.33. The number of carbonyl (C=O) groups excluding carboxylic acids is 1. The van der Waals surface area contributed by atoms with Crippen LogP contribution in [0.15, 0.2) is 18.2 Å². The van der Waals surface area contributed by atoms with Crippen LogP contribution in [0.4, 0.5) is 5.13 Å². The number of benzene rings is 1. The van der Waals surface area contributed by atoms with Gasteiger partial charge in [0.2, 0.25) is 5.91 Å². The molecule has 0 fully saturated rings. The van der Waals surface area contributed by atoms with Crippen LogP contribution in [0.25, 0.3) is 10.2 Å². The van der Waals surface area contributed by atoms with Crippen LogP contribution in [0, 0.1) is 0 Å². The first-order valence-electron chi connectivity index (χ1n) is 4.96. The molecule has 2 rings (SSSR count). The molecule has 6 heteroatoms. The van der Waals surface area contributed by atoms with E-state index in [0.717, 1.165) is 16.0 Å². The second kappa shape index (κ2) is 5.37. The number of methoxy groups -OCH3 is 1. The summed E-state index contributed by atoms with van der Waals surface area (Å²) >= 11 is 2.94. The fourth-order valence-electron chi connectivity index (χ4n) is 1.37. The van der Waals surface area contributed by atoms with Gasteiger partial charge in [0.15, 0.2) is 5.13 Å². The maximum Gasteiger partial charge on any atom is 0.236 e. The van der Waals surface area contributed by atoms with Crippen LogP contribution >= 0.6 is 23.1 Å². The number of aromatic nitrogens is 1. The minimum absolute atomic E-state index is 0.0245. The van der Waals surface area contributed by atoms with E-state index >= 15 is 0 Å². The van der Waals surface area contributed by atoms with E-state index in [-0.39, 0.29) is 5.91 Å². The molecule has 0 aliphatic heterocycles. The van der Waals surface area contributed by atoms with E-state index in [1.54, 1.807) is 7.11 Å². The molecule has 0 bridgehead atoms. The Kier molecular flexibility index (Phi) is 3.86. The molecule has 0 saturated heterocycles. The highest BCUT2D eigenvalue weighted by Crippen LogP contribution is 2.29. The summed E-state index contributed by atoms with van der Waals surface area (Å²) in [5.41, 5.74) is 0.871. The van der Waals surface area contributed by atoms with Gasteiger partial charge in [-0.1, -0.05) is 11.3 Å². The number of fused-ring (bicyclic) bond motifs is 1. The van der Waals surface area contributed by atoms with E-state index in [1.807, 2.05) is 24.5 Å². The number of ether oxygens (including phenoxy) is 1. The molecular formula is C11H12N2O2S2. The molecule has 0 radical (unpaired) electrons. The SMILES string of the molecule is COc1ccc2nc(NC(=O)CSC)sc2c1. The topological polar surface area (TPSA) is 51.2 Å². The lowest BCUT2D eigenvalue weighted by Crippen LogP contribution is -2.13. The summed E-state index contributed by atoms with van der Waals surface area (Å²) in [6.45, 7) is 0. The number of nitrogens with zero attached hydrogens (tertiary/aromatic N) is 1. The van der Waals surface area contributed by atoms with Gasteiger partial charge in [0.05, 0.1) is 23.1 Å². The van der Waals surface area contributed by atoms with Crippen LogP contribution in [0.1, 0.15) is 0 Å². The number of hydrogen-bond donors (Lipinski definition) is 1. The van der Waals surface area contributed by atoms with Crippen molar-refractivity contribution < 1.29 is 9.53 Å². The van der Waals surface area contributed by atoms with Gasteiger partial charge in [-0.2, -0.15) is 11.8 Å². The summed E-state index contributed by atoms with van der Waals surface area (Å²) in [7, 11) is 1.63. The largest absolute Gasteiger partial charge is 0.497 e. The molecule has 1 aromatic carbocycles. The van der Waals surface area contributed by atoms with E-state index < -0.39 is 0 Å². The number of anilines is 1. The molecule has 1 heterocycles. The zero-order valence-corrected chi connectivity index (χ0v) is 11.2. The number of carbonyl (C=O) groups is 1. The third-order valence-electron chi connectivity index (χ3n) is 2.12. The second-order valence-corrected chi connectivity index (χ2v) is 5.23. The van der Waals surface area contributed by atoms with Crippen LogP contribution < -0.4 is 10.1 Å². The van der Waals surface area contributed by atoms with Gasteiger partial charge in [0.1, 0.15) is 5.75 Å². The van der Waals surface area contributed by atoms with Crippen molar-refractivity contribution in [2.45, 2.75) is 0 Å². The Hall–Kier alpha value is -1.27. The van der Waals surface area contributed by atoms with Crippen LogP contribution in [-0.2, 0) is 4.79 Å². The highest BCUT2D eigenvalue weighted by Gasteiger charge is 2.07. The van der Waals surface area contributed by atoms with Crippen molar-refractivity contribution in [3.05, 3.63) is 18.2 Å². The molecule has 1 amide bonds. The predicted octanol–water partition coefficient (Wildman–Crippen LogP) is 2.61. The number of thioether (sulfide) groups is 1. The van der Waals surface area contributed by atoms with Gasteiger partial charge in [0.25, 0.3) is 0 Å². The lowest BCUT2D eigenvalue weighted by molar-refractivity contribution is -0.113. The van der Waals surface area contributed by atoms with E-state index in [2.05, 4.69) is 10.3 Å².